The fraction of sp³-hybridized carbons (Fsp3) is 0.150. The number of amides is 1. The first kappa shape index (κ1) is 18.4. The predicted molar refractivity (Wildman–Crippen MR) is 113 cm³/mol. The third-order valence-electron chi connectivity index (χ3n) is 4.12. The number of imidazole rings is 1. The molecule has 3 aromatic heterocycles. The highest BCUT2D eigenvalue weighted by Gasteiger charge is 2.16. The molecule has 1 amide bonds. The molecule has 0 unspecified atom stereocenters. The number of nitrogens with zero attached hydrogens (tertiary/aromatic N) is 3. The number of hydrogen-bond acceptors (Lipinski definition) is 6. The third kappa shape index (κ3) is 3.83. The van der Waals surface area contributed by atoms with Gasteiger partial charge in [-0.25, -0.2) is 9.97 Å². The van der Waals surface area contributed by atoms with Gasteiger partial charge < -0.3 is 10.1 Å². The Morgan fingerprint density at radius 3 is 2.82 bits per heavy atom. The van der Waals surface area contributed by atoms with Gasteiger partial charge in [-0.2, -0.15) is 0 Å². The molecular formula is C20H18N4O2S2. The molecule has 0 fully saturated rings. The van der Waals surface area contributed by atoms with Gasteiger partial charge in [0.05, 0.1) is 16.8 Å². The molecule has 1 N–H and O–H groups in total. The Morgan fingerprint density at radius 2 is 2.04 bits per heavy atom. The van der Waals surface area contributed by atoms with E-state index in [2.05, 4.69) is 10.3 Å². The molecule has 0 aliphatic rings. The van der Waals surface area contributed by atoms with Crippen LogP contribution in [0.3, 0.4) is 0 Å². The van der Waals surface area contributed by atoms with Crippen molar-refractivity contribution in [2.24, 2.45) is 0 Å². The number of nitrogens with one attached hydrogen (secondary N) is 1. The fourth-order valence-corrected chi connectivity index (χ4v) is 4.36. The number of hydrogen-bond donors (Lipinski definition) is 1. The van der Waals surface area contributed by atoms with Gasteiger partial charge in [0.15, 0.2) is 11.7 Å². The van der Waals surface area contributed by atoms with Crippen molar-refractivity contribution in [2.45, 2.75) is 13.8 Å². The maximum Gasteiger partial charge on any atom is 0.263 e. The summed E-state index contributed by atoms with van der Waals surface area (Å²) in [4.78, 5) is 22.5. The van der Waals surface area contributed by atoms with Gasteiger partial charge in [-0.1, -0.05) is 24.3 Å². The van der Waals surface area contributed by atoms with Crippen LogP contribution in [-0.2, 0) is 4.79 Å². The molecular weight excluding hydrogens is 392 g/mol. The zero-order valence-corrected chi connectivity index (χ0v) is 17.0. The van der Waals surface area contributed by atoms with Crippen molar-refractivity contribution in [3.8, 4) is 21.5 Å². The number of benzene rings is 1. The molecule has 1 aromatic carbocycles. The second kappa shape index (κ2) is 7.95. The van der Waals surface area contributed by atoms with E-state index in [1.807, 2.05) is 65.6 Å². The van der Waals surface area contributed by atoms with Gasteiger partial charge in [-0.3, -0.25) is 9.36 Å². The van der Waals surface area contributed by atoms with Crippen molar-refractivity contribution < 1.29 is 9.53 Å². The Morgan fingerprint density at radius 1 is 1.18 bits per heavy atom. The van der Waals surface area contributed by atoms with Crippen LogP contribution >= 0.6 is 22.7 Å². The molecule has 0 aliphatic carbocycles. The third-order valence-corrected chi connectivity index (χ3v) is 5.83. The Hall–Kier alpha value is -2.97. The van der Waals surface area contributed by atoms with E-state index in [1.165, 1.54) is 11.3 Å². The molecule has 0 spiro atoms. The predicted octanol–water partition coefficient (Wildman–Crippen LogP) is 4.69. The molecule has 6 nitrogen and oxygen atoms in total. The van der Waals surface area contributed by atoms with Gasteiger partial charge in [0.2, 0.25) is 0 Å². The molecule has 0 aliphatic heterocycles. The summed E-state index contributed by atoms with van der Waals surface area (Å²) >= 11 is 3.15. The fourth-order valence-electron chi connectivity index (χ4n) is 2.72. The molecule has 0 bridgehead atoms. The highest BCUT2D eigenvalue weighted by molar-refractivity contribution is 7.15. The lowest BCUT2D eigenvalue weighted by Crippen LogP contribution is -2.22. The standard InChI is InChI=1S/C20H18N4O2S2/c1-13-6-3-4-7-16(13)26-11-19(25)23-18-10-21-14(2)24(18)20-22-15(12-28-20)17-8-5-9-27-17/h3-10,12H,11H2,1-2H3,(H,23,25). The molecule has 8 heteroatoms. The Bertz CT molecular complexity index is 1100. The average Bonchev–Trinajstić information content (AvgIpc) is 3.42. The quantitative estimate of drug-likeness (QED) is 0.501. The van der Waals surface area contributed by atoms with Gasteiger partial charge in [0.1, 0.15) is 17.4 Å². The molecule has 142 valence electrons. The van der Waals surface area contributed by atoms with Gasteiger partial charge in [0.25, 0.3) is 5.91 Å². The van der Waals surface area contributed by atoms with E-state index < -0.39 is 0 Å². The molecule has 0 saturated heterocycles. The minimum atomic E-state index is -0.251. The molecule has 4 aromatic rings. The van der Waals surface area contributed by atoms with Crippen molar-refractivity contribution in [1.82, 2.24) is 14.5 Å². The number of ether oxygens (including phenoxy) is 1. The van der Waals surface area contributed by atoms with Crippen LogP contribution in [0.1, 0.15) is 11.4 Å². The minimum absolute atomic E-state index is 0.0760. The molecule has 0 atom stereocenters. The molecule has 28 heavy (non-hydrogen) atoms. The number of rotatable bonds is 6. The lowest BCUT2D eigenvalue weighted by atomic mass is 10.2. The van der Waals surface area contributed by atoms with Gasteiger partial charge in [0, 0.05) is 5.38 Å². The second-order valence-electron chi connectivity index (χ2n) is 6.12. The summed E-state index contributed by atoms with van der Waals surface area (Å²) in [6.07, 6.45) is 1.63. The van der Waals surface area contributed by atoms with E-state index in [-0.39, 0.29) is 12.5 Å². The van der Waals surface area contributed by atoms with Gasteiger partial charge in [-0.05, 0) is 36.9 Å². The highest BCUT2D eigenvalue weighted by Crippen LogP contribution is 2.29. The monoisotopic (exact) mass is 410 g/mol. The van der Waals surface area contributed by atoms with E-state index >= 15 is 0 Å². The maximum atomic E-state index is 12.4. The number of para-hydroxylation sites is 1. The summed E-state index contributed by atoms with van der Waals surface area (Å²) in [5.41, 5.74) is 1.91. The number of thiazole rings is 1. The molecule has 3 heterocycles. The Labute approximate surface area is 170 Å². The number of aromatic nitrogens is 3. The van der Waals surface area contributed by atoms with Crippen molar-refractivity contribution in [3.63, 3.8) is 0 Å². The first-order valence-corrected chi connectivity index (χ1v) is 10.4. The maximum absolute atomic E-state index is 12.4. The molecule has 4 rings (SSSR count). The zero-order chi connectivity index (χ0) is 19.5. The largest absolute Gasteiger partial charge is 0.483 e. The van der Waals surface area contributed by atoms with E-state index in [4.69, 9.17) is 9.72 Å². The van der Waals surface area contributed by atoms with E-state index in [9.17, 15) is 4.79 Å². The minimum Gasteiger partial charge on any atom is -0.483 e. The highest BCUT2D eigenvalue weighted by atomic mass is 32.1. The normalized spacial score (nSPS) is 10.8. The van der Waals surface area contributed by atoms with Crippen molar-refractivity contribution in [1.29, 1.82) is 0 Å². The summed E-state index contributed by atoms with van der Waals surface area (Å²) in [6, 6.07) is 11.6. The van der Waals surface area contributed by atoms with Crippen LogP contribution in [0.15, 0.2) is 53.4 Å². The van der Waals surface area contributed by atoms with Gasteiger partial charge >= 0.3 is 0 Å². The van der Waals surface area contributed by atoms with Gasteiger partial charge in [-0.15, -0.1) is 22.7 Å². The lowest BCUT2D eigenvalue weighted by Gasteiger charge is -2.10. The number of carbonyl (C=O) groups is 1. The Balaban J connectivity index is 1.49. The van der Waals surface area contributed by atoms with E-state index in [0.717, 1.165) is 27.1 Å². The van der Waals surface area contributed by atoms with Crippen LogP contribution in [0, 0.1) is 13.8 Å². The summed E-state index contributed by atoms with van der Waals surface area (Å²) in [6.45, 7) is 3.75. The lowest BCUT2D eigenvalue weighted by molar-refractivity contribution is -0.118. The Kier molecular flexibility index (Phi) is 5.23. The SMILES string of the molecule is Cc1ccccc1OCC(=O)Nc1cnc(C)n1-c1nc(-c2cccs2)cs1. The van der Waals surface area contributed by atoms with Crippen molar-refractivity contribution in [3.05, 3.63) is 64.7 Å². The zero-order valence-electron chi connectivity index (χ0n) is 15.4. The van der Waals surface area contributed by atoms with Crippen LogP contribution < -0.4 is 10.1 Å². The average molecular weight is 411 g/mol. The first-order chi connectivity index (χ1) is 13.6. The summed E-state index contributed by atoms with van der Waals surface area (Å²) in [5, 5.41) is 7.66. The summed E-state index contributed by atoms with van der Waals surface area (Å²) in [5.74, 6) is 1.77. The molecule has 0 radical (unpaired) electrons. The number of anilines is 1. The van der Waals surface area contributed by atoms with Crippen LogP contribution in [0.25, 0.3) is 15.7 Å². The second-order valence-corrected chi connectivity index (χ2v) is 7.91. The smallest absolute Gasteiger partial charge is 0.263 e. The number of carbonyl (C=O) groups excluding carboxylic acids is 1. The van der Waals surface area contributed by atoms with Crippen LogP contribution in [0.2, 0.25) is 0 Å². The topological polar surface area (TPSA) is 69.0 Å². The molecule has 0 saturated carbocycles. The summed E-state index contributed by atoms with van der Waals surface area (Å²) in [7, 11) is 0. The van der Waals surface area contributed by atoms with Crippen LogP contribution in [0.4, 0.5) is 5.82 Å². The summed E-state index contributed by atoms with van der Waals surface area (Å²) < 4.78 is 7.46. The first-order valence-electron chi connectivity index (χ1n) is 8.64. The van der Waals surface area contributed by atoms with E-state index in [0.29, 0.717) is 11.6 Å². The number of thiophene rings is 1. The van der Waals surface area contributed by atoms with Crippen LogP contribution in [-0.4, -0.2) is 27.0 Å². The van der Waals surface area contributed by atoms with Crippen molar-refractivity contribution in [2.75, 3.05) is 11.9 Å². The van der Waals surface area contributed by atoms with Crippen LogP contribution in [0.5, 0.6) is 5.75 Å². The van der Waals surface area contributed by atoms with E-state index in [1.54, 1.807) is 17.5 Å². The number of aryl methyl sites for hydroxylation is 2. The van der Waals surface area contributed by atoms with Crippen molar-refractivity contribution >= 4 is 34.4 Å².